The first-order valence-corrected chi connectivity index (χ1v) is 6.63. The Morgan fingerprint density at radius 3 is 2.05 bits per heavy atom. The van der Waals surface area contributed by atoms with Gasteiger partial charge in [-0.25, -0.2) is 0 Å². The minimum absolute atomic E-state index is 0.0185. The molecule has 0 bridgehead atoms. The summed E-state index contributed by atoms with van der Waals surface area (Å²) < 4.78 is 49.4. The Morgan fingerprint density at radius 1 is 1.09 bits per heavy atom. The second-order valence-corrected chi connectivity index (χ2v) is 5.99. The van der Waals surface area contributed by atoms with Crippen LogP contribution in [-0.4, -0.2) is 35.6 Å². The maximum Gasteiger partial charge on any atom is 0.492 e. The molecule has 0 unspecified atom stereocenters. The number of hydrogen-bond acceptors (Lipinski definition) is 4. The molecule has 0 amide bonds. The molecule has 1 aromatic carbocycles. The van der Waals surface area contributed by atoms with Crippen LogP contribution >= 0.6 is 0 Å². The Kier molecular flexibility index (Phi) is 5.21. The van der Waals surface area contributed by atoms with E-state index in [2.05, 4.69) is 0 Å². The molecule has 0 spiro atoms. The predicted molar refractivity (Wildman–Crippen MR) is 77.1 cm³/mol. The van der Waals surface area contributed by atoms with Crippen molar-refractivity contribution < 1.29 is 32.7 Å². The minimum atomic E-state index is -4.67. The van der Waals surface area contributed by atoms with Gasteiger partial charge in [-0.2, -0.15) is 13.2 Å². The zero-order valence-corrected chi connectivity index (χ0v) is 13.2. The molecule has 0 aliphatic heterocycles. The molecule has 2 N–H and O–H groups in total. The van der Waals surface area contributed by atoms with Crippen LogP contribution in [0.5, 0.6) is 5.75 Å². The summed E-state index contributed by atoms with van der Waals surface area (Å²) in [7, 11) is -0.594. The molecule has 0 aromatic heterocycles. The third-order valence-corrected chi connectivity index (χ3v) is 3.71. The standard InChI is InChI=1S/C14H20BF3O4/c1-12(2,19)13(3,4)22-15(20)11-7-6-9(21-5)8-10(11)14(16,17)18/h6-8,19-20H,1-5H3. The molecule has 0 aliphatic carbocycles. The van der Waals surface area contributed by atoms with Crippen molar-refractivity contribution in [2.75, 3.05) is 7.11 Å². The van der Waals surface area contributed by atoms with Crippen LogP contribution in [0.25, 0.3) is 0 Å². The average Bonchev–Trinajstić information content (AvgIpc) is 2.35. The fraction of sp³-hybridized carbons (Fsp3) is 0.571. The van der Waals surface area contributed by atoms with Gasteiger partial charge in [0.2, 0.25) is 0 Å². The van der Waals surface area contributed by atoms with E-state index in [-0.39, 0.29) is 5.75 Å². The topological polar surface area (TPSA) is 58.9 Å². The maximum absolute atomic E-state index is 13.1. The first kappa shape index (κ1) is 18.8. The fourth-order valence-electron chi connectivity index (χ4n) is 1.61. The molecule has 0 aliphatic rings. The number of rotatable bonds is 5. The van der Waals surface area contributed by atoms with E-state index in [4.69, 9.17) is 9.39 Å². The van der Waals surface area contributed by atoms with E-state index in [0.29, 0.717) is 0 Å². The highest BCUT2D eigenvalue weighted by Gasteiger charge is 2.43. The van der Waals surface area contributed by atoms with E-state index < -0.39 is 35.5 Å². The van der Waals surface area contributed by atoms with Crippen molar-refractivity contribution in [1.29, 1.82) is 0 Å². The Labute approximate surface area is 128 Å². The molecule has 1 aromatic rings. The van der Waals surface area contributed by atoms with Gasteiger partial charge in [0.1, 0.15) is 5.75 Å². The summed E-state index contributed by atoms with van der Waals surface area (Å²) in [5, 5.41) is 20.0. The lowest BCUT2D eigenvalue weighted by molar-refractivity contribution is -0.137. The predicted octanol–water partition coefficient (Wildman–Crippen LogP) is 1.97. The van der Waals surface area contributed by atoms with Crippen molar-refractivity contribution in [3.8, 4) is 5.75 Å². The second-order valence-electron chi connectivity index (χ2n) is 5.99. The number of halogens is 3. The van der Waals surface area contributed by atoms with E-state index in [9.17, 15) is 23.3 Å². The van der Waals surface area contributed by atoms with E-state index in [1.54, 1.807) is 0 Å². The largest absolute Gasteiger partial charge is 0.497 e. The molecule has 1 rings (SSSR count). The third-order valence-electron chi connectivity index (χ3n) is 3.71. The lowest BCUT2D eigenvalue weighted by Gasteiger charge is -2.38. The molecule has 8 heteroatoms. The number of benzene rings is 1. The molecular formula is C14H20BF3O4. The number of alkyl halides is 3. The summed E-state index contributed by atoms with van der Waals surface area (Å²) >= 11 is 0. The normalized spacial score (nSPS) is 13.2. The van der Waals surface area contributed by atoms with Crippen molar-refractivity contribution in [2.24, 2.45) is 0 Å². The highest BCUT2D eigenvalue weighted by Crippen LogP contribution is 2.31. The van der Waals surface area contributed by atoms with Gasteiger partial charge in [-0.3, -0.25) is 0 Å². The highest BCUT2D eigenvalue weighted by molar-refractivity contribution is 6.60. The van der Waals surface area contributed by atoms with Crippen molar-refractivity contribution in [1.82, 2.24) is 0 Å². The lowest BCUT2D eigenvalue weighted by atomic mass is 9.74. The molecule has 0 atom stereocenters. The molecule has 4 nitrogen and oxygen atoms in total. The van der Waals surface area contributed by atoms with Gasteiger partial charge in [0.25, 0.3) is 0 Å². The van der Waals surface area contributed by atoms with E-state index in [0.717, 1.165) is 12.1 Å². The van der Waals surface area contributed by atoms with Gasteiger partial charge in [-0.15, -0.1) is 0 Å². The van der Waals surface area contributed by atoms with E-state index >= 15 is 0 Å². The molecule has 0 fully saturated rings. The number of aliphatic hydroxyl groups is 1. The summed E-state index contributed by atoms with van der Waals surface area (Å²) in [5.41, 5.74) is -4.12. The Balaban J connectivity index is 3.21. The Hall–Kier alpha value is -1.25. The summed E-state index contributed by atoms with van der Waals surface area (Å²) in [6, 6.07) is 3.18. The van der Waals surface area contributed by atoms with Crippen LogP contribution in [0, 0.1) is 0 Å². The van der Waals surface area contributed by atoms with Crippen molar-refractivity contribution in [3.05, 3.63) is 23.8 Å². The van der Waals surface area contributed by atoms with E-state index in [1.165, 1.54) is 40.9 Å². The van der Waals surface area contributed by atoms with Gasteiger partial charge in [0.05, 0.1) is 23.9 Å². The van der Waals surface area contributed by atoms with Gasteiger partial charge >= 0.3 is 13.3 Å². The van der Waals surface area contributed by atoms with Gasteiger partial charge in [0, 0.05) is 0 Å². The molecule has 22 heavy (non-hydrogen) atoms. The minimum Gasteiger partial charge on any atom is -0.497 e. The van der Waals surface area contributed by atoms with Gasteiger partial charge in [0.15, 0.2) is 0 Å². The monoisotopic (exact) mass is 320 g/mol. The van der Waals surface area contributed by atoms with Crippen LogP contribution in [0.1, 0.15) is 33.3 Å². The number of ether oxygens (including phenoxy) is 1. The molecule has 0 saturated heterocycles. The average molecular weight is 320 g/mol. The highest BCUT2D eigenvalue weighted by atomic mass is 19.4. The first-order valence-electron chi connectivity index (χ1n) is 6.63. The molecule has 124 valence electrons. The van der Waals surface area contributed by atoms with E-state index in [1.807, 2.05) is 0 Å². The van der Waals surface area contributed by atoms with Crippen molar-refractivity contribution in [2.45, 2.75) is 45.1 Å². The Morgan fingerprint density at radius 2 is 1.64 bits per heavy atom. The maximum atomic E-state index is 13.1. The zero-order valence-electron chi connectivity index (χ0n) is 13.2. The molecule has 0 saturated carbocycles. The van der Waals surface area contributed by atoms with Gasteiger partial charge in [-0.1, -0.05) is 6.07 Å². The summed E-state index contributed by atoms with van der Waals surface area (Å²) in [6.45, 7) is 5.84. The smallest absolute Gasteiger partial charge is 0.492 e. The van der Waals surface area contributed by atoms with Crippen LogP contribution in [0.4, 0.5) is 13.2 Å². The number of methoxy groups -OCH3 is 1. The molecule has 0 heterocycles. The van der Waals surface area contributed by atoms with Crippen LogP contribution in [0.2, 0.25) is 0 Å². The van der Waals surface area contributed by atoms with Gasteiger partial charge in [-0.05, 0) is 45.3 Å². The van der Waals surface area contributed by atoms with Gasteiger partial charge < -0.3 is 19.5 Å². The van der Waals surface area contributed by atoms with Crippen LogP contribution in [0.3, 0.4) is 0 Å². The van der Waals surface area contributed by atoms with Crippen LogP contribution in [-0.2, 0) is 10.8 Å². The molecule has 0 radical (unpaired) electrons. The van der Waals surface area contributed by atoms with Crippen molar-refractivity contribution >= 4 is 12.6 Å². The summed E-state index contributed by atoms with van der Waals surface area (Å²) in [5.74, 6) is 0.0185. The number of hydrogen-bond donors (Lipinski definition) is 2. The Bertz CT molecular complexity index is 524. The molecular weight excluding hydrogens is 300 g/mol. The second kappa shape index (κ2) is 6.10. The summed E-state index contributed by atoms with van der Waals surface area (Å²) in [6.07, 6.45) is -4.67. The first-order chi connectivity index (χ1) is 9.79. The lowest BCUT2D eigenvalue weighted by Crippen LogP contribution is -2.53. The fourth-order valence-corrected chi connectivity index (χ4v) is 1.61. The van der Waals surface area contributed by atoms with Crippen molar-refractivity contribution in [3.63, 3.8) is 0 Å². The summed E-state index contributed by atoms with van der Waals surface area (Å²) in [4.78, 5) is 0. The zero-order chi connectivity index (χ0) is 17.3. The van der Waals surface area contributed by atoms with Crippen LogP contribution < -0.4 is 10.2 Å². The van der Waals surface area contributed by atoms with Crippen LogP contribution in [0.15, 0.2) is 18.2 Å². The SMILES string of the molecule is COc1ccc(B(O)OC(C)(C)C(C)(C)O)c(C(F)(F)F)c1. The third kappa shape index (κ3) is 4.15. The quantitative estimate of drug-likeness (QED) is 0.815.